The molecule has 2 aromatic carbocycles. The minimum atomic E-state index is -0.726. The normalized spacial score (nSPS) is 14.6. The molecule has 408 valence electrons. The number of carbonyl (C=O) groups is 3. The number of nitrogens with zero attached hydrogens (tertiary/aromatic N) is 3. The fourth-order valence-corrected chi connectivity index (χ4v) is 10.2. The summed E-state index contributed by atoms with van der Waals surface area (Å²) >= 11 is 0. The highest BCUT2D eigenvalue weighted by molar-refractivity contribution is 6.01. The Hall–Kier alpha value is -5.41. The summed E-state index contributed by atoms with van der Waals surface area (Å²) in [6, 6.07) is 17.3. The van der Waals surface area contributed by atoms with Crippen LogP contribution in [-0.2, 0) is 20.9 Å². The van der Waals surface area contributed by atoms with Gasteiger partial charge in [-0.15, -0.1) is 0 Å². The van der Waals surface area contributed by atoms with Gasteiger partial charge in [0, 0.05) is 46.8 Å². The van der Waals surface area contributed by atoms with Crippen molar-refractivity contribution in [2.45, 2.75) is 225 Å². The number of benzene rings is 2. The molecule has 2 heterocycles. The predicted molar refractivity (Wildman–Crippen MR) is 317 cm³/mol. The van der Waals surface area contributed by atoms with E-state index in [4.69, 9.17) is 20.0 Å². The number of aliphatic hydroxyl groups excluding tert-OH is 1. The number of hydrogen-bond acceptors (Lipinski definition) is 6. The van der Waals surface area contributed by atoms with Crippen LogP contribution >= 0.6 is 0 Å². The van der Waals surface area contributed by atoms with Crippen molar-refractivity contribution in [1.82, 2.24) is 14.9 Å². The average molecular weight is 1020 g/mol. The van der Waals surface area contributed by atoms with Crippen molar-refractivity contribution < 1.29 is 24.6 Å². The van der Waals surface area contributed by atoms with E-state index in [1.54, 1.807) is 6.92 Å². The van der Waals surface area contributed by atoms with Gasteiger partial charge < -0.3 is 20.1 Å². The summed E-state index contributed by atoms with van der Waals surface area (Å²) in [7, 11) is 0. The van der Waals surface area contributed by atoms with Crippen molar-refractivity contribution in [2.24, 2.45) is 10.9 Å². The molecule has 0 spiro atoms. The molecule has 0 unspecified atom stereocenters. The van der Waals surface area contributed by atoms with Crippen molar-refractivity contribution in [3.8, 4) is 11.3 Å². The summed E-state index contributed by atoms with van der Waals surface area (Å²) in [5.41, 5.74) is 15.1. The maximum Gasteiger partial charge on any atom is 0.290 e. The molecule has 9 nitrogen and oxygen atoms in total. The second-order valence-corrected chi connectivity index (χ2v) is 20.8. The molecule has 0 atom stereocenters. The third-order valence-electron chi connectivity index (χ3n) is 14.6. The van der Waals surface area contributed by atoms with Crippen LogP contribution < -0.4 is 5.32 Å². The van der Waals surface area contributed by atoms with Crippen LogP contribution in [0.5, 0.6) is 0 Å². The topological polar surface area (TPSA) is 134 Å². The van der Waals surface area contributed by atoms with Gasteiger partial charge in [-0.25, -0.2) is 4.98 Å². The minimum absolute atomic E-state index is 0.0628. The van der Waals surface area contributed by atoms with Crippen LogP contribution in [0.2, 0.25) is 0 Å². The molecular formula is C65H98N4O5. The standard InChI is InChI=1S/C42H56N4O2.C10H12.C8H18O.C4H10.CH2O2/c1-10-24-46-38(25-27(4)41(48)45-42(32(9)47)22-14-15-23-42)30(7)39(33-16-12-11-13-17-33)40(46)35-19-21-37-34(29(35)6)18-20-36(44-37)28(5)31(8)43-26(2)3;1-3-4-10-7-5-9(2)6-8-10;1-3-5-8(7-9)6-4-2;1-3-4-2;2-1-3/h18-21,25,33H,10-17,22-24H2,1-9H3,(H,45,48);3-8H,1-2H3;8-9H,3-7H2,1-2H3;3-4H2,1-2H3;1H,(H,2,3)/b27-25+,31-28+;4-3+;;;. The number of amides is 1. The van der Waals surface area contributed by atoms with Crippen molar-refractivity contribution in [2.75, 3.05) is 6.61 Å². The zero-order chi connectivity index (χ0) is 55.4. The molecule has 6 rings (SSSR count). The maximum atomic E-state index is 13.7. The number of hydrogen-bond donors (Lipinski definition) is 3. The van der Waals surface area contributed by atoms with Gasteiger partial charge in [0.25, 0.3) is 6.47 Å². The number of pyridine rings is 1. The van der Waals surface area contributed by atoms with Crippen LogP contribution in [-0.4, -0.2) is 55.8 Å². The average Bonchev–Trinajstić information content (AvgIpc) is 3.97. The first kappa shape index (κ1) is 64.7. The zero-order valence-electron chi connectivity index (χ0n) is 48.8. The van der Waals surface area contributed by atoms with Crippen LogP contribution in [0, 0.1) is 26.7 Å². The molecule has 2 fully saturated rings. The molecule has 74 heavy (non-hydrogen) atoms. The number of Topliss-reactive ketones (excluding diaryl/α,β-unsaturated/α-hetero) is 1. The monoisotopic (exact) mass is 1010 g/mol. The number of aryl methyl sites for hydroxylation is 2. The number of aromatic nitrogens is 2. The number of allylic oxidation sites excluding steroid dienone is 3. The molecule has 2 aromatic heterocycles. The molecular weight excluding hydrogens is 917 g/mol. The third kappa shape index (κ3) is 19.4. The van der Waals surface area contributed by atoms with E-state index < -0.39 is 5.54 Å². The van der Waals surface area contributed by atoms with E-state index in [0.29, 0.717) is 24.0 Å². The molecule has 2 aliphatic rings. The van der Waals surface area contributed by atoms with Gasteiger partial charge in [-0.2, -0.15) is 0 Å². The lowest BCUT2D eigenvalue weighted by Crippen LogP contribution is -2.51. The van der Waals surface area contributed by atoms with Gasteiger partial charge in [-0.05, 0) is 172 Å². The third-order valence-corrected chi connectivity index (χ3v) is 14.6. The van der Waals surface area contributed by atoms with Crippen molar-refractivity contribution in [1.29, 1.82) is 0 Å². The molecule has 2 saturated carbocycles. The number of ketones is 1. The number of rotatable bonds is 17. The van der Waals surface area contributed by atoms with Crippen LogP contribution in [0.4, 0.5) is 0 Å². The van der Waals surface area contributed by atoms with Crippen molar-refractivity contribution in [3.05, 3.63) is 105 Å². The lowest BCUT2D eigenvalue weighted by molar-refractivity contribution is -0.129. The van der Waals surface area contributed by atoms with Crippen molar-refractivity contribution >= 4 is 52.5 Å². The highest BCUT2D eigenvalue weighted by Gasteiger charge is 2.40. The zero-order valence-corrected chi connectivity index (χ0v) is 48.8. The summed E-state index contributed by atoms with van der Waals surface area (Å²) in [6.07, 6.45) is 24.2. The van der Waals surface area contributed by atoms with E-state index in [1.165, 1.54) is 110 Å². The number of aliphatic imine (C=N–C) groups is 1. The highest BCUT2D eigenvalue weighted by Crippen LogP contribution is 2.45. The van der Waals surface area contributed by atoms with E-state index in [9.17, 15) is 9.59 Å². The molecule has 0 radical (unpaired) electrons. The highest BCUT2D eigenvalue weighted by atomic mass is 16.3. The summed E-state index contributed by atoms with van der Waals surface area (Å²) in [6.45, 7) is 32.2. The van der Waals surface area contributed by atoms with Gasteiger partial charge in [0.05, 0.1) is 22.4 Å². The Morgan fingerprint density at radius 1 is 0.797 bits per heavy atom. The summed E-state index contributed by atoms with van der Waals surface area (Å²) in [4.78, 5) is 44.5. The first-order valence-electron chi connectivity index (χ1n) is 28.1. The van der Waals surface area contributed by atoms with E-state index in [1.807, 2.05) is 40.7 Å². The van der Waals surface area contributed by atoms with Gasteiger partial charge in [0.15, 0.2) is 5.78 Å². The van der Waals surface area contributed by atoms with E-state index in [2.05, 4.69) is 138 Å². The first-order valence-corrected chi connectivity index (χ1v) is 28.1. The van der Waals surface area contributed by atoms with Gasteiger partial charge in [-0.3, -0.25) is 19.4 Å². The summed E-state index contributed by atoms with van der Waals surface area (Å²) in [5, 5.41) is 20.0. The van der Waals surface area contributed by atoms with Gasteiger partial charge in [0.2, 0.25) is 5.91 Å². The molecule has 2 aliphatic carbocycles. The van der Waals surface area contributed by atoms with Gasteiger partial charge >= 0.3 is 0 Å². The lowest BCUT2D eigenvalue weighted by Gasteiger charge is -2.27. The molecule has 1 amide bonds. The molecule has 9 heteroatoms. The maximum absolute atomic E-state index is 13.7. The number of aliphatic hydroxyl groups is 1. The minimum Gasteiger partial charge on any atom is -0.483 e. The number of nitrogens with one attached hydrogen (secondary N) is 1. The lowest BCUT2D eigenvalue weighted by atomic mass is 9.81. The second kappa shape index (κ2) is 34.2. The van der Waals surface area contributed by atoms with Crippen LogP contribution in [0.25, 0.3) is 39.9 Å². The first-order chi connectivity index (χ1) is 35.4. The number of carboxylic acid groups (broad SMARTS) is 1. The predicted octanol–water partition coefficient (Wildman–Crippen LogP) is 17.2. The summed E-state index contributed by atoms with van der Waals surface area (Å²) < 4.78 is 2.48. The quantitative estimate of drug-likeness (QED) is 0.0548. The van der Waals surface area contributed by atoms with E-state index >= 15 is 0 Å². The Kier molecular flexibility index (Phi) is 29.9. The van der Waals surface area contributed by atoms with Gasteiger partial charge in [-0.1, -0.05) is 147 Å². The molecule has 0 bridgehead atoms. The van der Waals surface area contributed by atoms with Crippen LogP contribution in [0.1, 0.15) is 231 Å². The van der Waals surface area contributed by atoms with E-state index in [-0.39, 0.29) is 18.2 Å². The Morgan fingerprint density at radius 3 is 1.89 bits per heavy atom. The Labute approximate surface area is 448 Å². The molecule has 0 saturated heterocycles. The van der Waals surface area contributed by atoms with E-state index in [0.717, 1.165) is 77.9 Å². The molecule has 3 N–H and O–H groups in total. The fraction of sp³-hybridized carbons (Fsp3) is 0.554. The van der Waals surface area contributed by atoms with Gasteiger partial charge in [0.1, 0.15) is 0 Å². The summed E-state index contributed by atoms with van der Waals surface area (Å²) in [5.74, 6) is 0.981. The number of fused-ring (bicyclic) bond motifs is 1. The Bertz CT molecular complexity index is 2460. The number of unbranched alkanes of at least 4 members (excludes halogenated alkanes) is 1. The molecule has 0 aliphatic heterocycles. The molecule has 4 aromatic rings. The smallest absolute Gasteiger partial charge is 0.290 e. The SMILES string of the molecule is C/C=C/c1ccc(C)cc1.CCCC.CCCC(CO)CCC.CCCn1c(/C=C(\C)C(=O)NC2(C(C)=O)CCCC2)c(C)c(C2CCCCC2)c1-c1ccc2nc(/C(C)=C(\C)N=C(C)C)ccc2c1C.O=CO. The van der Waals surface area contributed by atoms with Crippen LogP contribution in [0.15, 0.2) is 70.9 Å². The fourth-order valence-electron chi connectivity index (χ4n) is 10.2. The second-order valence-electron chi connectivity index (χ2n) is 20.8. The Morgan fingerprint density at radius 2 is 1.39 bits per heavy atom. The number of carbonyl (C=O) groups excluding carboxylic acids is 2. The van der Waals surface area contributed by atoms with Crippen LogP contribution in [0.3, 0.4) is 0 Å². The largest absolute Gasteiger partial charge is 0.483 e. The Balaban J connectivity index is 0.000000588. The van der Waals surface area contributed by atoms with Crippen molar-refractivity contribution in [3.63, 3.8) is 0 Å².